The topological polar surface area (TPSA) is 97.8 Å². The van der Waals surface area contributed by atoms with Crippen LogP contribution in [0.5, 0.6) is 5.75 Å². The highest BCUT2D eigenvalue weighted by Gasteiger charge is 2.15. The Morgan fingerprint density at radius 3 is 2.84 bits per heavy atom. The van der Waals surface area contributed by atoms with Crippen molar-refractivity contribution in [2.45, 2.75) is 13.0 Å². The molecular weight excluding hydrogens is 252 g/mol. The van der Waals surface area contributed by atoms with Crippen molar-refractivity contribution >= 4 is 11.9 Å². The van der Waals surface area contributed by atoms with E-state index in [1.165, 1.54) is 25.6 Å². The Morgan fingerprint density at radius 2 is 2.21 bits per heavy atom. The van der Waals surface area contributed by atoms with Gasteiger partial charge in [-0.3, -0.25) is 9.78 Å². The van der Waals surface area contributed by atoms with E-state index in [4.69, 9.17) is 14.6 Å². The van der Waals surface area contributed by atoms with E-state index in [0.29, 0.717) is 13.2 Å². The number of carboxylic acid groups (broad SMARTS) is 1. The van der Waals surface area contributed by atoms with Crippen molar-refractivity contribution in [3.63, 3.8) is 0 Å². The molecule has 0 radical (unpaired) electrons. The summed E-state index contributed by atoms with van der Waals surface area (Å²) in [5.74, 6) is -1.18. The molecule has 104 valence electrons. The summed E-state index contributed by atoms with van der Waals surface area (Å²) < 4.78 is 10.1. The second kappa shape index (κ2) is 7.32. The highest BCUT2D eigenvalue weighted by Crippen LogP contribution is 2.13. The first-order valence-electron chi connectivity index (χ1n) is 5.66. The molecule has 0 aliphatic carbocycles. The largest absolute Gasteiger partial charge is 0.479 e. The number of carbonyl (C=O) groups excluding carboxylic acids is 1. The van der Waals surface area contributed by atoms with Crippen LogP contribution in [0.15, 0.2) is 18.5 Å². The summed E-state index contributed by atoms with van der Waals surface area (Å²) in [7, 11) is 1.54. The summed E-state index contributed by atoms with van der Waals surface area (Å²) in [4.78, 5) is 26.1. The second-order valence-corrected chi connectivity index (χ2v) is 3.76. The maximum Gasteiger partial charge on any atom is 0.337 e. The molecule has 2 N–H and O–H groups in total. The number of aromatic nitrogens is 1. The number of carboxylic acids is 1. The molecule has 0 spiro atoms. The minimum absolute atomic E-state index is 0.00416. The zero-order chi connectivity index (χ0) is 14.3. The number of hydrogen-bond donors (Lipinski definition) is 2. The molecule has 1 aromatic rings. The van der Waals surface area contributed by atoms with E-state index in [1.54, 1.807) is 6.92 Å². The zero-order valence-corrected chi connectivity index (χ0v) is 10.8. The van der Waals surface area contributed by atoms with E-state index in [-0.39, 0.29) is 17.2 Å². The number of aromatic carboxylic acids is 1. The minimum atomic E-state index is -1.10. The summed E-state index contributed by atoms with van der Waals surface area (Å²) in [5, 5.41) is 11.4. The van der Waals surface area contributed by atoms with Crippen LogP contribution in [0.2, 0.25) is 0 Å². The van der Waals surface area contributed by atoms with Crippen molar-refractivity contribution in [2.24, 2.45) is 0 Å². The molecule has 0 aliphatic rings. The number of ether oxygens (including phenoxy) is 2. The lowest BCUT2D eigenvalue weighted by Crippen LogP contribution is -2.37. The fourth-order valence-electron chi connectivity index (χ4n) is 1.28. The van der Waals surface area contributed by atoms with Gasteiger partial charge in [-0.15, -0.1) is 0 Å². The lowest BCUT2D eigenvalue weighted by atomic mass is 10.3. The Balaban J connectivity index is 2.56. The van der Waals surface area contributed by atoms with Gasteiger partial charge in [-0.25, -0.2) is 4.79 Å². The molecule has 0 saturated heterocycles. The monoisotopic (exact) mass is 268 g/mol. The van der Waals surface area contributed by atoms with Gasteiger partial charge in [-0.1, -0.05) is 0 Å². The summed E-state index contributed by atoms with van der Waals surface area (Å²) >= 11 is 0. The number of rotatable bonds is 7. The number of pyridine rings is 1. The van der Waals surface area contributed by atoms with Gasteiger partial charge < -0.3 is 19.9 Å². The summed E-state index contributed by atoms with van der Waals surface area (Å²) in [6, 6.07) is 1.31. The molecule has 1 amide bonds. The van der Waals surface area contributed by atoms with Crippen molar-refractivity contribution in [1.82, 2.24) is 10.3 Å². The van der Waals surface area contributed by atoms with E-state index in [0.717, 1.165) is 0 Å². The SMILES string of the molecule is COCCNC(=O)C(C)Oc1cncc(C(=O)O)c1. The molecule has 19 heavy (non-hydrogen) atoms. The maximum absolute atomic E-state index is 11.6. The number of carbonyl (C=O) groups is 2. The van der Waals surface area contributed by atoms with Crippen LogP contribution in [0.3, 0.4) is 0 Å². The molecule has 1 atom stereocenters. The lowest BCUT2D eigenvalue weighted by molar-refractivity contribution is -0.127. The van der Waals surface area contributed by atoms with Gasteiger partial charge in [0.15, 0.2) is 6.10 Å². The molecule has 0 saturated carbocycles. The molecule has 0 fully saturated rings. The zero-order valence-electron chi connectivity index (χ0n) is 10.8. The molecule has 7 heteroatoms. The first-order valence-corrected chi connectivity index (χ1v) is 5.66. The number of nitrogens with one attached hydrogen (secondary N) is 1. The second-order valence-electron chi connectivity index (χ2n) is 3.76. The third-order valence-electron chi connectivity index (χ3n) is 2.25. The number of amides is 1. The van der Waals surface area contributed by atoms with Crippen LogP contribution in [0, 0.1) is 0 Å². The molecule has 7 nitrogen and oxygen atoms in total. The molecule has 0 aliphatic heterocycles. The van der Waals surface area contributed by atoms with E-state index in [2.05, 4.69) is 10.3 Å². The van der Waals surface area contributed by atoms with Gasteiger partial charge in [0.1, 0.15) is 5.75 Å². The van der Waals surface area contributed by atoms with Crippen LogP contribution >= 0.6 is 0 Å². The summed E-state index contributed by atoms with van der Waals surface area (Å²) in [6.07, 6.45) is 1.81. The number of nitrogens with zero attached hydrogens (tertiary/aromatic N) is 1. The molecular formula is C12H16N2O5. The van der Waals surface area contributed by atoms with Crippen LogP contribution < -0.4 is 10.1 Å². The van der Waals surface area contributed by atoms with Crippen LogP contribution in [0.1, 0.15) is 17.3 Å². The Labute approximate surface area is 110 Å². The first kappa shape index (κ1) is 14.9. The van der Waals surface area contributed by atoms with Crippen LogP contribution in [-0.4, -0.2) is 48.3 Å². The third kappa shape index (κ3) is 4.92. The average Bonchev–Trinajstić information content (AvgIpc) is 2.39. The Morgan fingerprint density at radius 1 is 1.47 bits per heavy atom. The van der Waals surface area contributed by atoms with Crippen molar-refractivity contribution < 1.29 is 24.2 Å². The molecule has 1 unspecified atom stereocenters. The Hall–Kier alpha value is -2.15. The predicted molar refractivity (Wildman–Crippen MR) is 66.2 cm³/mol. The minimum Gasteiger partial charge on any atom is -0.479 e. The number of methoxy groups -OCH3 is 1. The van der Waals surface area contributed by atoms with Gasteiger partial charge in [0.05, 0.1) is 18.4 Å². The molecule has 1 rings (SSSR count). The van der Waals surface area contributed by atoms with E-state index in [9.17, 15) is 9.59 Å². The van der Waals surface area contributed by atoms with Crippen molar-refractivity contribution in [2.75, 3.05) is 20.3 Å². The fraction of sp³-hybridized carbons (Fsp3) is 0.417. The lowest BCUT2D eigenvalue weighted by Gasteiger charge is -2.14. The average molecular weight is 268 g/mol. The highest BCUT2D eigenvalue weighted by atomic mass is 16.5. The predicted octanol–water partition coefficient (Wildman–Crippen LogP) is 0.310. The van der Waals surface area contributed by atoms with Crippen LogP contribution in [0.4, 0.5) is 0 Å². The highest BCUT2D eigenvalue weighted by molar-refractivity contribution is 5.87. The van der Waals surface area contributed by atoms with Gasteiger partial charge in [-0.2, -0.15) is 0 Å². The van der Waals surface area contributed by atoms with E-state index < -0.39 is 12.1 Å². The molecule has 0 aromatic carbocycles. The van der Waals surface area contributed by atoms with E-state index in [1.807, 2.05) is 0 Å². The summed E-state index contributed by atoms with van der Waals surface area (Å²) in [6.45, 7) is 2.36. The molecule has 1 aromatic heterocycles. The summed E-state index contributed by atoms with van der Waals surface area (Å²) in [5.41, 5.74) is 0.00416. The van der Waals surface area contributed by atoms with Gasteiger partial charge >= 0.3 is 5.97 Å². The van der Waals surface area contributed by atoms with Gasteiger partial charge in [0, 0.05) is 19.9 Å². The Kier molecular flexibility index (Phi) is 5.74. The standard InChI is InChI=1S/C12H16N2O5/c1-8(11(15)14-3-4-18-2)19-10-5-9(12(16)17)6-13-7-10/h5-8H,3-4H2,1-2H3,(H,14,15)(H,16,17). The van der Waals surface area contributed by atoms with Gasteiger partial charge in [-0.05, 0) is 13.0 Å². The third-order valence-corrected chi connectivity index (χ3v) is 2.25. The van der Waals surface area contributed by atoms with Crippen LogP contribution in [-0.2, 0) is 9.53 Å². The first-order chi connectivity index (χ1) is 9.04. The number of hydrogen-bond acceptors (Lipinski definition) is 5. The fourth-order valence-corrected chi connectivity index (χ4v) is 1.28. The van der Waals surface area contributed by atoms with E-state index >= 15 is 0 Å². The normalized spacial score (nSPS) is 11.7. The quantitative estimate of drug-likeness (QED) is 0.691. The molecule has 0 bridgehead atoms. The van der Waals surface area contributed by atoms with Crippen molar-refractivity contribution in [3.05, 3.63) is 24.0 Å². The van der Waals surface area contributed by atoms with Crippen molar-refractivity contribution in [1.29, 1.82) is 0 Å². The Bertz CT molecular complexity index is 450. The molecule has 1 heterocycles. The van der Waals surface area contributed by atoms with Crippen molar-refractivity contribution in [3.8, 4) is 5.75 Å². The maximum atomic E-state index is 11.6. The van der Waals surface area contributed by atoms with Gasteiger partial charge in [0.25, 0.3) is 5.91 Å². The smallest absolute Gasteiger partial charge is 0.337 e. The van der Waals surface area contributed by atoms with Crippen LogP contribution in [0.25, 0.3) is 0 Å². The van der Waals surface area contributed by atoms with Gasteiger partial charge in [0.2, 0.25) is 0 Å².